The number of allylic oxidation sites excluding steroid dienone is 3. The average molecular weight is 734 g/mol. The van der Waals surface area contributed by atoms with E-state index in [-0.39, 0.29) is 18.9 Å². The summed E-state index contributed by atoms with van der Waals surface area (Å²) in [6.45, 7) is 2.52. The maximum atomic E-state index is 12.7. The zero-order chi connectivity index (χ0) is 37.6. The SMILES string of the molecule is CCCCCCCCCC/C=C/CC/C=C/C(O)C(COC1OC(CO)C(OC2OC(CO)C(O)C(O)C2O)C(O)C1O)NC(=O)CCCCC. The number of rotatable bonds is 26. The van der Waals surface area contributed by atoms with Gasteiger partial charge in [0.25, 0.3) is 0 Å². The average Bonchev–Trinajstić information content (AvgIpc) is 3.12. The van der Waals surface area contributed by atoms with Gasteiger partial charge in [0.1, 0.15) is 48.8 Å². The van der Waals surface area contributed by atoms with Gasteiger partial charge in [-0.15, -0.1) is 0 Å². The molecule has 2 rings (SSSR count). The summed E-state index contributed by atoms with van der Waals surface area (Å²) in [5, 5.41) is 85.5. The van der Waals surface area contributed by atoms with Crippen molar-refractivity contribution >= 4 is 5.91 Å². The molecule has 2 aliphatic rings. The van der Waals surface area contributed by atoms with Crippen LogP contribution in [0.1, 0.15) is 110 Å². The molecule has 51 heavy (non-hydrogen) atoms. The Bertz CT molecular complexity index is 967. The Morgan fingerprint density at radius 3 is 1.92 bits per heavy atom. The first-order valence-corrected chi connectivity index (χ1v) is 19.1. The number of hydrogen-bond donors (Lipinski definition) is 9. The molecule has 0 aromatic heterocycles. The Morgan fingerprint density at radius 2 is 1.25 bits per heavy atom. The number of ether oxygens (including phenoxy) is 4. The van der Waals surface area contributed by atoms with Crippen LogP contribution in [0.15, 0.2) is 24.3 Å². The van der Waals surface area contributed by atoms with Gasteiger partial charge in [-0.3, -0.25) is 4.79 Å². The van der Waals surface area contributed by atoms with Gasteiger partial charge in [0.15, 0.2) is 12.6 Å². The van der Waals surface area contributed by atoms with Gasteiger partial charge < -0.3 is 65.1 Å². The molecule has 0 spiro atoms. The van der Waals surface area contributed by atoms with E-state index in [4.69, 9.17) is 18.9 Å². The van der Waals surface area contributed by atoms with Gasteiger partial charge in [0.05, 0.1) is 32.0 Å². The molecule has 1 amide bonds. The first kappa shape index (κ1) is 45.6. The molecule has 12 atom stereocenters. The van der Waals surface area contributed by atoms with Crippen molar-refractivity contribution in [1.82, 2.24) is 5.32 Å². The third-order valence-corrected chi connectivity index (χ3v) is 9.39. The molecule has 14 nitrogen and oxygen atoms in total. The van der Waals surface area contributed by atoms with Crippen molar-refractivity contribution in [3.63, 3.8) is 0 Å². The molecule has 0 saturated carbocycles. The summed E-state index contributed by atoms with van der Waals surface area (Å²) in [7, 11) is 0. The zero-order valence-corrected chi connectivity index (χ0v) is 30.6. The first-order chi connectivity index (χ1) is 24.6. The molecule has 2 heterocycles. The summed E-state index contributed by atoms with van der Waals surface area (Å²) in [6.07, 6.45) is 6.29. The van der Waals surface area contributed by atoms with Crippen molar-refractivity contribution in [2.24, 2.45) is 0 Å². The summed E-state index contributed by atoms with van der Waals surface area (Å²) in [4.78, 5) is 12.7. The fraction of sp³-hybridized carbons (Fsp3) is 0.865. The van der Waals surface area contributed by atoms with Crippen LogP contribution in [0.4, 0.5) is 0 Å². The highest BCUT2D eigenvalue weighted by atomic mass is 16.7. The largest absolute Gasteiger partial charge is 0.394 e. The summed E-state index contributed by atoms with van der Waals surface area (Å²) in [5.74, 6) is -0.278. The summed E-state index contributed by atoms with van der Waals surface area (Å²) >= 11 is 0. The number of nitrogens with one attached hydrogen (secondary N) is 1. The fourth-order valence-corrected chi connectivity index (χ4v) is 6.13. The number of amides is 1. The standard InChI is InChI=1S/C37H67NO13/c1-3-5-7-8-9-10-11-12-13-14-15-16-17-19-20-26(41)25(38-29(42)21-18-6-4-2)24-48-36-34(47)32(45)35(28(23-40)50-36)51-37-33(46)31(44)30(43)27(22-39)49-37/h14-15,19-20,25-28,30-37,39-41,43-47H,3-13,16-18,21-24H2,1-2H3,(H,38,42)/b15-14+,20-19+. The molecule has 0 aromatic carbocycles. The van der Waals surface area contributed by atoms with E-state index >= 15 is 0 Å². The van der Waals surface area contributed by atoms with Gasteiger partial charge in [-0.2, -0.15) is 0 Å². The lowest BCUT2D eigenvalue weighted by Crippen LogP contribution is -2.65. The minimum atomic E-state index is -1.78. The Balaban J connectivity index is 1.92. The first-order valence-electron chi connectivity index (χ1n) is 19.1. The van der Waals surface area contributed by atoms with Crippen LogP contribution in [-0.4, -0.2) is 140 Å². The molecule has 0 aliphatic carbocycles. The molecule has 0 bridgehead atoms. The lowest BCUT2D eigenvalue weighted by molar-refractivity contribution is -0.359. The van der Waals surface area contributed by atoms with Crippen LogP contribution in [0.3, 0.4) is 0 Å². The molecule has 12 unspecified atom stereocenters. The number of unbranched alkanes of at least 4 members (excludes halogenated alkanes) is 11. The third kappa shape index (κ3) is 16.2. The van der Waals surface area contributed by atoms with Crippen molar-refractivity contribution in [2.75, 3.05) is 19.8 Å². The monoisotopic (exact) mass is 733 g/mol. The fourth-order valence-electron chi connectivity index (χ4n) is 6.13. The molecule has 2 saturated heterocycles. The van der Waals surface area contributed by atoms with E-state index in [9.17, 15) is 45.6 Å². The predicted octanol–water partition coefficient (Wildman–Crippen LogP) is 1.48. The van der Waals surface area contributed by atoms with Crippen molar-refractivity contribution in [2.45, 2.75) is 184 Å². The summed E-state index contributed by atoms with van der Waals surface area (Å²) < 4.78 is 22.4. The van der Waals surface area contributed by atoms with E-state index in [1.807, 2.05) is 13.0 Å². The predicted molar refractivity (Wildman–Crippen MR) is 189 cm³/mol. The number of carbonyl (C=O) groups excluding carboxylic acids is 1. The normalized spacial score (nSPS) is 31.3. The van der Waals surface area contributed by atoms with Crippen molar-refractivity contribution < 1.29 is 64.6 Å². The Morgan fingerprint density at radius 1 is 0.686 bits per heavy atom. The van der Waals surface area contributed by atoms with E-state index in [1.165, 1.54) is 51.4 Å². The topological polar surface area (TPSA) is 228 Å². The molecule has 298 valence electrons. The van der Waals surface area contributed by atoms with E-state index in [0.29, 0.717) is 12.8 Å². The second kappa shape index (κ2) is 26.3. The lowest BCUT2D eigenvalue weighted by atomic mass is 9.97. The molecule has 14 heteroatoms. The van der Waals surface area contributed by atoms with Crippen LogP contribution in [-0.2, 0) is 23.7 Å². The van der Waals surface area contributed by atoms with Crippen molar-refractivity contribution in [3.8, 4) is 0 Å². The maximum Gasteiger partial charge on any atom is 0.220 e. The van der Waals surface area contributed by atoms with Crippen LogP contribution in [0, 0.1) is 0 Å². The quantitative estimate of drug-likeness (QED) is 0.0454. The number of carbonyl (C=O) groups is 1. The molecule has 0 aromatic rings. The highest BCUT2D eigenvalue weighted by Gasteiger charge is 2.50. The van der Waals surface area contributed by atoms with E-state index in [2.05, 4.69) is 24.4 Å². The Kier molecular flexibility index (Phi) is 23.5. The molecular weight excluding hydrogens is 666 g/mol. The smallest absolute Gasteiger partial charge is 0.220 e. The third-order valence-electron chi connectivity index (χ3n) is 9.39. The highest BCUT2D eigenvalue weighted by molar-refractivity contribution is 5.76. The highest BCUT2D eigenvalue weighted by Crippen LogP contribution is 2.29. The van der Waals surface area contributed by atoms with E-state index in [0.717, 1.165) is 25.7 Å². The summed E-state index contributed by atoms with van der Waals surface area (Å²) in [6, 6.07) is -0.920. The van der Waals surface area contributed by atoms with Gasteiger partial charge in [0, 0.05) is 6.42 Å². The second-order valence-electron chi connectivity index (χ2n) is 13.7. The maximum absolute atomic E-state index is 12.7. The number of aliphatic hydroxyl groups excluding tert-OH is 8. The number of aliphatic hydroxyl groups is 8. The zero-order valence-electron chi connectivity index (χ0n) is 30.6. The van der Waals surface area contributed by atoms with Crippen molar-refractivity contribution in [3.05, 3.63) is 24.3 Å². The van der Waals surface area contributed by atoms with Gasteiger partial charge >= 0.3 is 0 Å². The van der Waals surface area contributed by atoms with E-state index in [1.54, 1.807) is 6.08 Å². The van der Waals surface area contributed by atoms with Gasteiger partial charge in [0.2, 0.25) is 5.91 Å². The van der Waals surface area contributed by atoms with Crippen LogP contribution in [0.2, 0.25) is 0 Å². The van der Waals surface area contributed by atoms with Gasteiger partial charge in [-0.25, -0.2) is 0 Å². The van der Waals surface area contributed by atoms with Gasteiger partial charge in [-0.1, -0.05) is 95.9 Å². The summed E-state index contributed by atoms with van der Waals surface area (Å²) in [5.41, 5.74) is 0. The molecule has 9 N–H and O–H groups in total. The van der Waals surface area contributed by atoms with Crippen LogP contribution >= 0.6 is 0 Å². The van der Waals surface area contributed by atoms with Crippen molar-refractivity contribution in [1.29, 1.82) is 0 Å². The number of hydrogen-bond acceptors (Lipinski definition) is 13. The Labute approximate surface area is 303 Å². The van der Waals surface area contributed by atoms with E-state index < -0.39 is 86.8 Å². The molecular formula is C37H67NO13. The molecule has 0 radical (unpaired) electrons. The minimum Gasteiger partial charge on any atom is -0.394 e. The van der Waals surface area contributed by atoms with Crippen LogP contribution in [0.25, 0.3) is 0 Å². The molecule has 2 fully saturated rings. The Hall–Kier alpha value is -1.53. The van der Waals surface area contributed by atoms with Crippen LogP contribution < -0.4 is 5.32 Å². The lowest BCUT2D eigenvalue weighted by Gasteiger charge is -2.46. The molecule has 2 aliphatic heterocycles. The van der Waals surface area contributed by atoms with Crippen LogP contribution in [0.5, 0.6) is 0 Å². The second-order valence-corrected chi connectivity index (χ2v) is 13.7. The van der Waals surface area contributed by atoms with Gasteiger partial charge in [-0.05, 0) is 32.1 Å². The minimum absolute atomic E-state index is 0.259.